The molecule has 0 fully saturated rings. The van der Waals surface area contributed by atoms with Crippen LogP contribution in [0, 0.1) is 0 Å². The molecule has 5 heavy (non-hydrogen) atoms. The van der Waals surface area contributed by atoms with Crippen molar-refractivity contribution in [3.8, 4) is 0 Å². The first-order valence-corrected chi connectivity index (χ1v) is 0. The van der Waals surface area contributed by atoms with Gasteiger partial charge in [-0.25, -0.2) is 0 Å². The second-order valence-electron chi connectivity index (χ2n) is 0. The van der Waals surface area contributed by atoms with Gasteiger partial charge in [-0.2, -0.15) is 9.90 Å². The molecular weight excluding hydrogens is 380 g/mol. The maximum absolute atomic E-state index is 0. The summed E-state index contributed by atoms with van der Waals surface area (Å²) in [7, 11) is 0. The fourth-order valence-electron chi connectivity index (χ4n) is 0. The van der Waals surface area contributed by atoms with Crippen LogP contribution in [0.4, 0.5) is 0 Å². The van der Waals surface area contributed by atoms with E-state index in [4.69, 9.17) is 0 Å². The molecule has 5 heteroatoms. The van der Waals surface area contributed by atoms with Crippen molar-refractivity contribution in [2.24, 2.45) is 0 Å². The quantitative estimate of drug-likeness (QED) is 0.397. The van der Waals surface area contributed by atoms with E-state index >= 15 is 0 Å². The fourth-order valence-corrected chi connectivity index (χ4v) is 0. The summed E-state index contributed by atoms with van der Waals surface area (Å²) in [5, 5.41) is 0. The molecule has 0 spiro atoms. The number of hydrogen-bond donors (Lipinski definition) is 0. The van der Waals surface area contributed by atoms with Crippen LogP contribution < -0.4 is 0 Å². The van der Waals surface area contributed by atoms with Gasteiger partial charge in [0.25, 0.3) is 0 Å². The van der Waals surface area contributed by atoms with E-state index < -0.39 is 0 Å². The number of rotatable bonds is 0. The van der Waals surface area contributed by atoms with Gasteiger partial charge in [-0.3, -0.25) is 0 Å². The summed E-state index contributed by atoms with van der Waals surface area (Å²) in [5.74, 6) is 0. The third kappa shape index (κ3) is 21.6. The topological polar surface area (TPSA) is 0 Å². The van der Waals surface area contributed by atoms with Crippen LogP contribution in [0.3, 0.4) is 0 Å². The Kier molecular flexibility index (Phi) is 346. The van der Waals surface area contributed by atoms with Gasteiger partial charge in [-0.05, 0) is 0 Å². The predicted octanol–water partition coefficient (Wildman–Crippen LogP) is -0.330. The van der Waals surface area contributed by atoms with Crippen LogP contribution in [0.5, 0.6) is 0 Å². The van der Waals surface area contributed by atoms with Crippen molar-refractivity contribution in [1.82, 2.24) is 0 Å². The smallest absolute Gasteiger partial charge is 0 e. The molecule has 0 N–H and O–H groups in total. The van der Waals surface area contributed by atoms with Gasteiger partial charge in [0.15, 0.2) is 0 Å². The molecule has 0 bridgehead atoms. The third-order valence-electron chi connectivity index (χ3n) is 0. The van der Waals surface area contributed by atoms with Gasteiger partial charge in [0.05, 0.1) is 0 Å². The minimum Gasteiger partial charge on any atom is -0.153 e. The molecule has 0 saturated heterocycles. The second-order valence-corrected chi connectivity index (χ2v) is 0. The minimum absolute atomic E-state index is 0. The van der Waals surface area contributed by atoms with Crippen LogP contribution in [0.2, 0.25) is 0 Å². The molecular formula is H3BCoMoPW. The minimum atomic E-state index is 0. The Labute approximate surface area is 76.5 Å². The van der Waals surface area contributed by atoms with Crippen molar-refractivity contribution in [1.29, 1.82) is 0 Å². The van der Waals surface area contributed by atoms with E-state index in [-0.39, 0.29) is 77.2 Å². The van der Waals surface area contributed by atoms with Gasteiger partial charge < -0.3 is 0 Å². The van der Waals surface area contributed by atoms with Crippen LogP contribution in [0.25, 0.3) is 0 Å². The van der Waals surface area contributed by atoms with Gasteiger partial charge in [0.1, 0.15) is 0 Å². The van der Waals surface area contributed by atoms with Crippen molar-refractivity contribution in [2.45, 2.75) is 0 Å². The van der Waals surface area contributed by atoms with Crippen molar-refractivity contribution in [2.75, 3.05) is 0 Å². The molecule has 1 atom stereocenters. The Morgan fingerprint density at radius 3 is 1.00 bits per heavy atom. The van der Waals surface area contributed by atoms with Crippen LogP contribution in [-0.2, 0) is 58.9 Å². The Morgan fingerprint density at radius 1 is 1.00 bits per heavy atom. The zero-order chi connectivity index (χ0) is 0. The predicted molar refractivity (Wildman–Crippen MR) is 16.9 cm³/mol. The SMILES string of the molecule is P.[B].[Co].[Mo].[W]. The summed E-state index contributed by atoms with van der Waals surface area (Å²) in [6, 6.07) is 0. The molecule has 0 aromatic heterocycles. The molecule has 0 nitrogen and oxygen atoms in total. The normalized spacial score (nSPS) is 0. The van der Waals surface area contributed by atoms with Crippen LogP contribution in [0.1, 0.15) is 0 Å². The maximum atomic E-state index is 0. The second kappa shape index (κ2) is 32.6. The largest absolute Gasteiger partial charge is 0.153 e. The Morgan fingerprint density at radius 2 is 1.00 bits per heavy atom. The van der Waals surface area contributed by atoms with Crippen LogP contribution >= 0.6 is 9.90 Å². The molecule has 0 aromatic rings. The van der Waals surface area contributed by atoms with Crippen LogP contribution in [-0.4, -0.2) is 8.41 Å². The van der Waals surface area contributed by atoms with E-state index in [0.29, 0.717) is 0 Å². The van der Waals surface area contributed by atoms with Crippen molar-refractivity contribution in [3.05, 3.63) is 0 Å². The molecule has 32 valence electrons. The molecule has 0 rings (SSSR count). The number of hydrogen-bond acceptors (Lipinski definition) is 0. The maximum Gasteiger partial charge on any atom is 0 e. The van der Waals surface area contributed by atoms with Crippen LogP contribution in [0.15, 0.2) is 0 Å². The Balaban J connectivity index is 0. The average Bonchev–Trinajstić information content (AvgIpc) is 0. The molecule has 4 radical (unpaired) electrons. The summed E-state index contributed by atoms with van der Waals surface area (Å²) in [6.07, 6.45) is 0. The van der Waals surface area contributed by atoms with Gasteiger partial charge in [-0.15, -0.1) is 0 Å². The summed E-state index contributed by atoms with van der Waals surface area (Å²) in [5.41, 5.74) is 0. The fraction of sp³-hybridized carbons (Fsp3) is 0. The molecule has 0 amide bonds. The summed E-state index contributed by atoms with van der Waals surface area (Å²) < 4.78 is 0. The third-order valence-corrected chi connectivity index (χ3v) is 0. The zero-order valence-electron chi connectivity index (χ0n) is 2.43. The summed E-state index contributed by atoms with van der Waals surface area (Å²) in [6.45, 7) is 0. The average molecular weight is 384 g/mol. The van der Waals surface area contributed by atoms with E-state index in [1.165, 1.54) is 0 Å². The monoisotopic (exact) mass is 386 g/mol. The van der Waals surface area contributed by atoms with Gasteiger partial charge in [0, 0.05) is 67.3 Å². The Hall–Kier alpha value is 2.38. The molecule has 0 aliphatic heterocycles. The summed E-state index contributed by atoms with van der Waals surface area (Å²) >= 11 is 0. The van der Waals surface area contributed by atoms with Gasteiger partial charge in [0.2, 0.25) is 0 Å². The van der Waals surface area contributed by atoms with Gasteiger partial charge in [-0.1, -0.05) is 0 Å². The summed E-state index contributed by atoms with van der Waals surface area (Å²) in [4.78, 5) is 0. The van der Waals surface area contributed by atoms with E-state index in [2.05, 4.69) is 0 Å². The van der Waals surface area contributed by atoms with E-state index in [0.717, 1.165) is 0 Å². The van der Waals surface area contributed by atoms with E-state index in [9.17, 15) is 0 Å². The van der Waals surface area contributed by atoms with E-state index in [1.54, 1.807) is 0 Å². The van der Waals surface area contributed by atoms with E-state index in [1.807, 2.05) is 0 Å². The van der Waals surface area contributed by atoms with Gasteiger partial charge >= 0.3 is 0 Å². The Bertz CT molecular complexity index is 11.6. The zero-order valence-corrected chi connectivity index (χ0v) is 9.83. The molecule has 1 unspecified atom stereocenters. The van der Waals surface area contributed by atoms with Crippen molar-refractivity contribution < 1.29 is 58.9 Å². The standard InChI is InChI=1S/B.Co.Mo.H3P.W/h;;;1H3;. The van der Waals surface area contributed by atoms with Crippen molar-refractivity contribution >= 4 is 18.3 Å². The molecule has 0 heterocycles. The first-order valence-electron chi connectivity index (χ1n) is 0. The van der Waals surface area contributed by atoms with Crippen molar-refractivity contribution in [3.63, 3.8) is 0 Å². The molecule has 0 saturated carbocycles. The molecule has 0 aromatic carbocycles. The molecule has 0 aliphatic carbocycles. The first-order chi connectivity index (χ1) is 0. The molecule has 0 aliphatic rings. The first kappa shape index (κ1) is 53.1.